The molecule has 0 radical (unpaired) electrons. The Balaban J connectivity index is 2.20. The molecule has 0 amide bonds. The van der Waals surface area contributed by atoms with E-state index in [0.29, 0.717) is 5.56 Å². The number of nitrogens with zero attached hydrogens (tertiary/aromatic N) is 2. The molecule has 3 nitrogen and oxygen atoms in total. The van der Waals surface area contributed by atoms with E-state index in [-0.39, 0.29) is 11.5 Å². The molecule has 0 aliphatic rings. The van der Waals surface area contributed by atoms with Crippen LogP contribution in [0.25, 0.3) is 5.76 Å². The fraction of sp³-hybridized carbons (Fsp3) is 0. The van der Waals surface area contributed by atoms with Crippen molar-refractivity contribution in [3.8, 4) is 6.07 Å². The van der Waals surface area contributed by atoms with E-state index in [1.54, 1.807) is 16.7 Å². The van der Waals surface area contributed by atoms with E-state index >= 15 is 0 Å². The zero-order valence-corrected chi connectivity index (χ0v) is 13.6. The Morgan fingerprint density at radius 1 is 0.800 bits per heavy atom. The van der Waals surface area contributed by atoms with Crippen molar-refractivity contribution in [2.75, 3.05) is 0 Å². The first-order valence-electron chi connectivity index (χ1n) is 7.92. The number of para-hydroxylation sites is 1. The summed E-state index contributed by atoms with van der Waals surface area (Å²) in [6.45, 7) is 0. The first-order chi connectivity index (χ1) is 12.3. The highest BCUT2D eigenvalue weighted by molar-refractivity contribution is 5.78. The molecule has 3 aromatic rings. The van der Waals surface area contributed by atoms with Crippen molar-refractivity contribution in [2.24, 2.45) is 0 Å². The van der Waals surface area contributed by atoms with E-state index in [2.05, 4.69) is 6.07 Å². The first-order valence-corrected chi connectivity index (χ1v) is 7.92. The molecule has 0 bridgehead atoms. The molecule has 120 valence electrons. The van der Waals surface area contributed by atoms with Crippen LogP contribution in [0.4, 0.5) is 5.69 Å². The van der Waals surface area contributed by atoms with Crippen LogP contribution in [-0.4, -0.2) is 15.9 Å². The van der Waals surface area contributed by atoms with Gasteiger partial charge in [-0.15, -0.1) is 4.58 Å². The van der Waals surface area contributed by atoms with Gasteiger partial charge in [0.05, 0.1) is 0 Å². The molecule has 0 unspecified atom stereocenters. The largest absolute Gasteiger partial charge is 0.501 e. The number of rotatable bonds is 4. The van der Waals surface area contributed by atoms with Crippen molar-refractivity contribution in [1.82, 2.24) is 0 Å². The van der Waals surface area contributed by atoms with Crippen LogP contribution in [-0.2, 0) is 0 Å². The number of allylic oxidation sites excluding steroid dienone is 1. The lowest BCUT2D eigenvalue weighted by Crippen LogP contribution is -2.09. The third-order valence-corrected chi connectivity index (χ3v) is 3.73. The number of aliphatic hydroxyl groups excluding tert-OH is 1. The lowest BCUT2D eigenvalue weighted by molar-refractivity contribution is -0.370. The van der Waals surface area contributed by atoms with Crippen molar-refractivity contribution in [3.05, 3.63) is 108 Å². The highest BCUT2D eigenvalue weighted by Crippen LogP contribution is 2.22. The lowest BCUT2D eigenvalue weighted by Gasteiger charge is -2.04. The van der Waals surface area contributed by atoms with Crippen LogP contribution in [0.3, 0.4) is 0 Å². The summed E-state index contributed by atoms with van der Waals surface area (Å²) >= 11 is 0. The number of nitriles is 1. The Bertz CT molecular complexity index is 938. The van der Waals surface area contributed by atoms with E-state index in [1.165, 1.54) is 0 Å². The van der Waals surface area contributed by atoms with Crippen LogP contribution < -0.4 is 0 Å². The van der Waals surface area contributed by atoms with Crippen LogP contribution in [0.15, 0.2) is 96.7 Å². The fourth-order valence-corrected chi connectivity index (χ4v) is 2.50. The first kappa shape index (κ1) is 16.2. The molecule has 3 aromatic carbocycles. The Hall–Kier alpha value is -3.64. The van der Waals surface area contributed by atoms with Gasteiger partial charge in [-0.25, -0.2) is 0 Å². The van der Waals surface area contributed by atoms with Crippen molar-refractivity contribution >= 4 is 17.7 Å². The SMILES string of the molecule is N#C/C(=C(/O)c1ccccc1)[N+](=Cc1ccccc1)c1ccccc1. The summed E-state index contributed by atoms with van der Waals surface area (Å²) in [4.78, 5) is 0. The average Bonchev–Trinajstić information content (AvgIpc) is 2.70. The molecular weight excluding hydrogens is 308 g/mol. The van der Waals surface area contributed by atoms with Crippen LogP contribution in [0, 0.1) is 11.3 Å². The molecule has 0 heterocycles. The minimum Gasteiger partial charge on any atom is -0.501 e. The molecule has 0 aliphatic carbocycles. The highest BCUT2D eigenvalue weighted by atomic mass is 16.3. The zero-order chi connectivity index (χ0) is 17.5. The predicted octanol–water partition coefficient (Wildman–Crippen LogP) is 4.90. The van der Waals surface area contributed by atoms with Crippen molar-refractivity contribution < 1.29 is 9.68 Å². The molecule has 0 atom stereocenters. The van der Waals surface area contributed by atoms with Gasteiger partial charge in [0.15, 0.2) is 12.3 Å². The average molecular weight is 325 g/mol. The Morgan fingerprint density at radius 3 is 1.88 bits per heavy atom. The molecule has 0 aromatic heterocycles. The summed E-state index contributed by atoms with van der Waals surface area (Å²) in [5.74, 6) is -0.0564. The van der Waals surface area contributed by atoms with Crippen LogP contribution in [0.5, 0.6) is 0 Å². The van der Waals surface area contributed by atoms with E-state index in [4.69, 9.17) is 0 Å². The standard InChI is InChI=1S/C22H16N2O/c23-16-21(22(25)19-12-6-2-7-13-19)24(20-14-8-3-9-15-20)17-18-10-4-1-5-11-18/h1-15,17H/p+1/b22-21-,24-17?. The molecule has 0 spiro atoms. The smallest absolute Gasteiger partial charge is 0.332 e. The maximum absolute atomic E-state index is 10.7. The summed E-state index contributed by atoms with van der Waals surface area (Å²) in [6.07, 6.45) is 1.84. The van der Waals surface area contributed by atoms with Gasteiger partial charge >= 0.3 is 5.70 Å². The van der Waals surface area contributed by atoms with Gasteiger partial charge in [-0.05, 0) is 12.1 Å². The van der Waals surface area contributed by atoms with Gasteiger partial charge < -0.3 is 5.11 Å². The molecule has 0 aliphatic heterocycles. The van der Waals surface area contributed by atoms with Gasteiger partial charge in [-0.2, -0.15) is 5.26 Å². The molecular formula is C22H17N2O+. The molecule has 25 heavy (non-hydrogen) atoms. The molecule has 0 fully saturated rings. The third-order valence-electron chi connectivity index (χ3n) is 3.73. The van der Waals surface area contributed by atoms with E-state index in [0.717, 1.165) is 11.3 Å². The minimum absolute atomic E-state index is 0.0564. The van der Waals surface area contributed by atoms with Crippen molar-refractivity contribution in [2.45, 2.75) is 0 Å². The summed E-state index contributed by atoms with van der Waals surface area (Å²) in [5.41, 5.74) is 2.49. The van der Waals surface area contributed by atoms with Gasteiger partial charge in [0.1, 0.15) is 0 Å². The Kier molecular flexibility index (Phi) is 5.04. The second-order valence-corrected chi connectivity index (χ2v) is 5.42. The number of hydrogen-bond donors (Lipinski definition) is 1. The summed E-state index contributed by atoms with van der Waals surface area (Å²) in [6, 6.07) is 30.4. The monoisotopic (exact) mass is 325 g/mol. The quantitative estimate of drug-likeness (QED) is 0.321. The summed E-state index contributed by atoms with van der Waals surface area (Å²) in [7, 11) is 0. The van der Waals surface area contributed by atoms with E-state index in [9.17, 15) is 10.4 Å². The summed E-state index contributed by atoms with van der Waals surface area (Å²) < 4.78 is 1.71. The molecule has 3 rings (SSSR count). The molecule has 0 saturated heterocycles. The molecule has 1 N–H and O–H groups in total. The number of aliphatic hydroxyl groups is 1. The van der Waals surface area contributed by atoms with Crippen LogP contribution in [0.2, 0.25) is 0 Å². The normalized spacial score (nSPS) is 12.2. The number of benzene rings is 3. The second-order valence-electron chi connectivity index (χ2n) is 5.42. The van der Waals surface area contributed by atoms with Gasteiger partial charge in [0.2, 0.25) is 11.4 Å². The highest BCUT2D eigenvalue weighted by Gasteiger charge is 2.22. The van der Waals surface area contributed by atoms with Gasteiger partial charge in [0, 0.05) is 23.3 Å². The van der Waals surface area contributed by atoms with Crippen LogP contribution in [0.1, 0.15) is 11.1 Å². The summed E-state index contributed by atoms with van der Waals surface area (Å²) in [5, 5.41) is 20.4. The maximum atomic E-state index is 10.7. The van der Waals surface area contributed by atoms with Crippen molar-refractivity contribution in [3.63, 3.8) is 0 Å². The molecule has 3 heteroatoms. The number of hydrogen-bond acceptors (Lipinski definition) is 2. The van der Waals surface area contributed by atoms with Gasteiger partial charge in [-0.3, -0.25) is 0 Å². The van der Waals surface area contributed by atoms with E-state index in [1.807, 2.05) is 85.1 Å². The lowest BCUT2D eigenvalue weighted by atomic mass is 10.1. The topological polar surface area (TPSA) is 47.0 Å². The molecule has 0 saturated carbocycles. The van der Waals surface area contributed by atoms with Gasteiger partial charge in [-0.1, -0.05) is 66.7 Å². The Labute approximate surface area is 147 Å². The minimum atomic E-state index is -0.0564. The third kappa shape index (κ3) is 3.82. The van der Waals surface area contributed by atoms with Gasteiger partial charge in [0.25, 0.3) is 0 Å². The zero-order valence-electron chi connectivity index (χ0n) is 13.6. The second kappa shape index (κ2) is 7.76. The predicted molar refractivity (Wildman–Crippen MR) is 99.6 cm³/mol. The fourth-order valence-electron chi connectivity index (χ4n) is 2.50. The maximum Gasteiger partial charge on any atom is 0.332 e. The van der Waals surface area contributed by atoms with Crippen molar-refractivity contribution in [1.29, 1.82) is 5.26 Å². The Morgan fingerprint density at radius 2 is 1.32 bits per heavy atom. The van der Waals surface area contributed by atoms with E-state index < -0.39 is 0 Å². The van der Waals surface area contributed by atoms with Crippen LogP contribution >= 0.6 is 0 Å².